The number of hydrogen-bond donors (Lipinski definition) is 3. The number of aryl methyl sites for hydroxylation is 1. The molecule has 3 aromatic rings. The average Bonchev–Trinajstić information content (AvgIpc) is 2.79. The van der Waals surface area contributed by atoms with Crippen LogP contribution in [0.3, 0.4) is 0 Å². The molecule has 1 aromatic heterocycles. The predicted molar refractivity (Wildman–Crippen MR) is 118 cm³/mol. The monoisotopic (exact) mass is 523 g/mol. The third-order valence-corrected chi connectivity index (χ3v) is 5.38. The summed E-state index contributed by atoms with van der Waals surface area (Å²) in [4.78, 5) is 29.4. The van der Waals surface area contributed by atoms with Gasteiger partial charge in [-0.3, -0.25) is 14.2 Å². The Morgan fingerprint density at radius 2 is 2.03 bits per heavy atom. The number of aromatic nitrogens is 2. The van der Waals surface area contributed by atoms with Crippen LogP contribution in [-0.2, 0) is 6.61 Å². The van der Waals surface area contributed by atoms with Crippen molar-refractivity contribution in [2.45, 2.75) is 19.6 Å². The summed E-state index contributed by atoms with van der Waals surface area (Å²) in [7, 11) is 0. The highest BCUT2D eigenvalue weighted by Gasteiger charge is 2.16. The van der Waals surface area contributed by atoms with Crippen molar-refractivity contribution in [3.63, 3.8) is 0 Å². The van der Waals surface area contributed by atoms with Crippen LogP contribution in [0, 0.1) is 18.6 Å². The summed E-state index contributed by atoms with van der Waals surface area (Å²) in [5.41, 5.74) is 0.862. The van der Waals surface area contributed by atoms with E-state index in [1.54, 1.807) is 19.1 Å². The lowest BCUT2D eigenvalue weighted by Gasteiger charge is -2.14. The first-order valence-electron chi connectivity index (χ1n) is 9.73. The van der Waals surface area contributed by atoms with Crippen LogP contribution >= 0.6 is 15.9 Å². The molecule has 0 bridgehead atoms. The molecule has 1 heterocycles. The van der Waals surface area contributed by atoms with Gasteiger partial charge in [0.15, 0.2) is 0 Å². The van der Waals surface area contributed by atoms with Gasteiger partial charge in [0, 0.05) is 23.7 Å². The van der Waals surface area contributed by atoms with Crippen LogP contribution < -0.4 is 15.6 Å². The van der Waals surface area contributed by atoms with Gasteiger partial charge in [-0.2, -0.15) is 0 Å². The molecule has 0 spiro atoms. The fraction of sp³-hybridized carbons (Fsp3) is 0.227. The Balaban J connectivity index is 1.84. The van der Waals surface area contributed by atoms with Crippen molar-refractivity contribution >= 4 is 21.8 Å². The number of aliphatic hydroxyl groups is 2. The number of carbonyl (C=O) groups is 1. The van der Waals surface area contributed by atoms with Crippen LogP contribution in [0.2, 0.25) is 0 Å². The summed E-state index contributed by atoms with van der Waals surface area (Å²) in [6.45, 7) is 0.854. The lowest BCUT2D eigenvalue weighted by molar-refractivity contribution is 0.0802. The topological polar surface area (TPSA) is 114 Å². The number of nitrogens with one attached hydrogen (secondary N) is 1. The summed E-state index contributed by atoms with van der Waals surface area (Å²) in [6.07, 6.45) is 0.126. The molecule has 33 heavy (non-hydrogen) atoms. The molecule has 1 atom stereocenters. The van der Waals surface area contributed by atoms with Crippen molar-refractivity contribution in [1.29, 1.82) is 0 Å². The number of carbonyl (C=O) groups excluding carboxylic acids is 1. The van der Waals surface area contributed by atoms with Crippen LogP contribution in [0.1, 0.15) is 21.5 Å². The molecular weight excluding hydrogens is 504 g/mol. The number of aliphatic hydroxyl groups excluding tert-OH is 2. The maximum absolute atomic E-state index is 13.8. The average molecular weight is 524 g/mol. The molecule has 0 aliphatic carbocycles. The maximum Gasteiger partial charge on any atom is 0.276 e. The molecule has 3 rings (SSSR count). The summed E-state index contributed by atoms with van der Waals surface area (Å²) in [5.74, 6) is -2.07. The van der Waals surface area contributed by atoms with Gasteiger partial charge in [0.2, 0.25) is 5.88 Å². The van der Waals surface area contributed by atoms with E-state index in [1.165, 1.54) is 23.0 Å². The molecule has 174 valence electrons. The Morgan fingerprint density at radius 3 is 2.73 bits per heavy atom. The van der Waals surface area contributed by atoms with E-state index in [9.17, 15) is 23.5 Å². The van der Waals surface area contributed by atoms with Crippen LogP contribution in [0.15, 0.2) is 52.0 Å². The third-order valence-electron chi connectivity index (χ3n) is 4.70. The summed E-state index contributed by atoms with van der Waals surface area (Å²) in [6, 6.07) is 7.75. The second-order valence-electron chi connectivity index (χ2n) is 7.11. The van der Waals surface area contributed by atoms with Gasteiger partial charge in [-0.1, -0.05) is 6.07 Å². The lowest BCUT2D eigenvalue weighted by Crippen LogP contribution is -2.34. The van der Waals surface area contributed by atoms with E-state index >= 15 is 0 Å². The smallest absolute Gasteiger partial charge is 0.276 e. The van der Waals surface area contributed by atoms with Gasteiger partial charge in [0.05, 0.1) is 18.4 Å². The van der Waals surface area contributed by atoms with Crippen molar-refractivity contribution in [2.75, 3.05) is 13.2 Å². The van der Waals surface area contributed by atoms with Gasteiger partial charge in [-0.05, 0) is 52.7 Å². The van der Waals surface area contributed by atoms with Gasteiger partial charge < -0.3 is 20.3 Å². The van der Waals surface area contributed by atoms with Crippen LogP contribution in [0.4, 0.5) is 8.78 Å². The minimum atomic E-state index is -1.09. The molecule has 0 unspecified atom stereocenters. The van der Waals surface area contributed by atoms with Crippen LogP contribution in [0.5, 0.6) is 5.88 Å². The molecule has 0 radical (unpaired) electrons. The fourth-order valence-corrected chi connectivity index (χ4v) is 3.27. The number of benzene rings is 2. The molecule has 0 aliphatic heterocycles. The minimum absolute atomic E-state index is 0.0205. The van der Waals surface area contributed by atoms with Crippen molar-refractivity contribution in [2.24, 2.45) is 0 Å². The SMILES string of the molecule is Cc1ccc(C(=O)NC[C@@H](O)CO)cc1-n1cnc(OCc2ccc(F)cc2F)c(Br)c1=O. The number of ether oxygens (including phenoxy) is 1. The van der Waals surface area contributed by atoms with Gasteiger partial charge >= 0.3 is 0 Å². The van der Waals surface area contributed by atoms with E-state index in [1.807, 2.05) is 0 Å². The molecule has 0 saturated carbocycles. The molecule has 3 N–H and O–H groups in total. The van der Waals surface area contributed by atoms with Crippen molar-refractivity contribution in [3.8, 4) is 11.6 Å². The first-order valence-corrected chi connectivity index (χ1v) is 10.5. The van der Waals surface area contributed by atoms with E-state index in [2.05, 4.69) is 26.2 Å². The van der Waals surface area contributed by atoms with Gasteiger partial charge in [0.25, 0.3) is 11.5 Å². The number of halogens is 3. The number of hydrogen-bond acceptors (Lipinski definition) is 6. The zero-order valence-electron chi connectivity index (χ0n) is 17.4. The molecule has 2 aromatic carbocycles. The largest absolute Gasteiger partial charge is 0.472 e. The zero-order valence-corrected chi connectivity index (χ0v) is 19.0. The number of nitrogens with zero attached hydrogens (tertiary/aromatic N) is 2. The highest BCUT2D eigenvalue weighted by atomic mass is 79.9. The molecule has 0 saturated heterocycles. The Hall–Kier alpha value is -3.15. The van der Waals surface area contributed by atoms with E-state index < -0.39 is 35.8 Å². The second-order valence-corrected chi connectivity index (χ2v) is 7.90. The van der Waals surface area contributed by atoms with E-state index in [-0.39, 0.29) is 34.6 Å². The van der Waals surface area contributed by atoms with Gasteiger partial charge in [0.1, 0.15) is 29.0 Å². The quantitative estimate of drug-likeness (QED) is 0.417. The maximum atomic E-state index is 13.8. The Labute approximate surface area is 195 Å². The standard InChI is InChI=1S/C22H20BrF2N3O5/c1-12-2-3-13(20(31)26-8-16(30)9-29)6-18(12)28-11-27-21(19(23)22(28)32)33-10-14-4-5-15(24)7-17(14)25/h2-7,11,16,29-30H,8-10H2,1H3,(H,26,31)/t16-/m1/s1. The summed E-state index contributed by atoms with van der Waals surface area (Å²) >= 11 is 3.15. The molecule has 0 aliphatic rings. The Morgan fingerprint density at radius 1 is 1.27 bits per heavy atom. The highest BCUT2D eigenvalue weighted by molar-refractivity contribution is 9.10. The fourth-order valence-electron chi connectivity index (χ4n) is 2.86. The molecule has 0 fully saturated rings. The lowest BCUT2D eigenvalue weighted by atomic mass is 10.1. The third kappa shape index (κ3) is 5.81. The van der Waals surface area contributed by atoms with Crippen molar-refractivity contribution in [1.82, 2.24) is 14.9 Å². The molecular formula is C22H20BrF2N3O5. The molecule has 8 nitrogen and oxygen atoms in total. The zero-order chi connectivity index (χ0) is 24.1. The second kappa shape index (κ2) is 10.6. The molecule has 11 heteroatoms. The normalized spacial score (nSPS) is 11.8. The van der Waals surface area contributed by atoms with Crippen molar-refractivity contribution in [3.05, 3.63) is 85.9 Å². The van der Waals surface area contributed by atoms with Crippen molar-refractivity contribution < 1.29 is 28.5 Å². The first kappa shape index (κ1) is 24.5. The number of amides is 1. The minimum Gasteiger partial charge on any atom is -0.472 e. The Bertz CT molecular complexity index is 1240. The predicted octanol–water partition coefficient (Wildman–Crippen LogP) is 2.24. The van der Waals surface area contributed by atoms with Gasteiger partial charge in [-0.25, -0.2) is 13.8 Å². The van der Waals surface area contributed by atoms with Gasteiger partial charge in [-0.15, -0.1) is 0 Å². The molecule has 1 amide bonds. The van der Waals surface area contributed by atoms with E-state index in [0.717, 1.165) is 12.1 Å². The van der Waals surface area contributed by atoms with Crippen LogP contribution in [0.25, 0.3) is 5.69 Å². The Kier molecular flexibility index (Phi) is 7.90. The van der Waals surface area contributed by atoms with E-state index in [0.29, 0.717) is 11.3 Å². The first-order chi connectivity index (χ1) is 15.7. The number of rotatable bonds is 8. The summed E-state index contributed by atoms with van der Waals surface area (Å²) in [5, 5.41) is 20.7. The van der Waals surface area contributed by atoms with E-state index in [4.69, 9.17) is 9.84 Å². The van der Waals surface area contributed by atoms with Crippen LogP contribution in [-0.4, -0.2) is 44.9 Å². The highest BCUT2D eigenvalue weighted by Crippen LogP contribution is 2.22. The summed E-state index contributed by atoms with van der Waals surface area (Å²) < 4.78 is 33.5.